The fourth-order valence-corrected chi connectivity index (χ4v) is 8.11. The van der Waals surface area contributed by atoms with Crippen molar-refractivity contribution in [2.45, 2.75) is 57.3 Å². The number of rotatable bonds is 7. The molecule has 7 heteroatoms. The monoisotopic (exact) mass is 438 g/mol. The summed E-state index contributed by atoms with van der Waals surface area (Å²) in [7, 11) is -3.63. The topological polar surface area (TPSA) is 66.5 Å². The van der Waals surface area contributed by atoms with Gasteiger partial charge in [-0.3, -0.25) is 4.79 Å². The Morgan fingerprint density at radius 2 is 1.66 bits per heavy atom. The molecule has 1 amide bonds. The molecule has 0 heterocycles. The van der Waals surface area contributed by atoms with Crippen molar-refractivity contribution in [1.82, 2.24) is 9.62 Å². The number of carbonyl (C=O) groups is 1. The van der Waals surface area contributed by atoms with Crippen LogP contribution in [0.3, 0.4) is 0 Å². The standard InChI is InChI=1S/C22H31ClN2O3S/c1-3-25(4-2)29(27,28)18-5-6-20(23)19(10-18)21(26)24-14-22-11-15-7-16(12-22)9-17(8-15)13-22/h5-6,10,15-17H,3-4,7-9,11-14H2,1-2H3,(H,24,26). The summed E-state index contributed by atoms with van der Waals surface area (Å²) in [6, 6.07) is 4.41. The molecule has 5 nitrogen and oxygen atoms in total. The van der Waals surface area contributed by atoms with E-state index in [0.29, 0.717) is 19.6 Å². The molecule has 160 valence electrons. The van der Waals surface area contributed by atoms with Crippen molar-refractivity contribution >= 4 is 27.5 Å². The lowest BCUT2D eigenvalue weighted by molar-refractivity contribution is -0.0503. The van der Waals surface area contributed by atoms with Crippen molar-refractivity contribution in [2.75, 3.05) is 19.6 Å². The molecule has 5 rings (SSSR count). The maximum atomic E-state index is 12.9. The first-order valence-corrected chi connectivity index (χ1v) is 12.7. The van der Waals surface area contributed by atoms with Crippen LogP contribution in [0.1, 0.15) is 62.7 Å². The summed E-state index contributed by atoms with van der Waals surface area (Å²) in [6.07, 6.45) is 7.73. The Bertz CT molecular complexity index is 860. The average molecular weight is 439 g/mol. The Balaban J connectivity index is 1.50. The first kappa shape index (κ1) is 21.1. The van der Waals surface area contributed by atoms with Gasteiger partial charge < -0.3 is 5.32 Å². The second kappa shape index (κ2) is 7.86. The number of benzene rings is 1. The minimum absolute atomic E-state index is 0.116. The molecule has 0 unspecified atom stereocenters. The molecule has 0 saturated heterocycles. The van der Waals surface area contributed by atoms with E-state index in [2.05, 4.69) is 5.32 Å². The number of nitrogens with zero attached hydrogens (tertiary/aromatic N) is 1. The molecule has 0 radical (unpaired) electrons. The molecule has 0 aromatic heterocycles. The lowest BCUT2D eigenvalue weighted by Crippen LogP contribution is -2.51. The average Bonchev–Trinajstić information content (AvgIpc) is 2.66. The Hall–Kier alpha value is -1.11. The molecule has 4 bridgehead atoms. The normalized spacial score (nSPS) is 30.7. The van der Waals surface area contributed by atoms with E-state index in [4.69, 9.17) is 11.6 Å². The number of nitrogens with one attached hydrogen (secondary N) is 1. The summed E-state index contributed by atoms with van der Waals surface area (Å²) < 4.78 is 27.0. The van der Waals surface area contributed by atoms with Crippen LogP contribution >= 0.6 is 11.6 Å². The second-order valence-electron chi connectivity index (χ2n) is 9.33. The molecule has 4 fully saturated rings. The maximum absolute atomic E-state index is 12.9. The van der Waals surface area contributed by atoms with Crippen molar-refractivity contribution in [3.63, 3.8) is 0 Å². The van der Waals surface area contributed by atoms with Gasteiger partial charge in [-0.15, -0.1) is 0 Å². The fourth-order valence-electron chi connectivity index (χ4n) is 6.42. The van der Waals surface area contributed by atoms with Gasteiger partial charge in [0.15, 0.2) is 0 Å². The van der Waals surface area contributed by atoms with E-state index >= 15 is 0 Å². The summed E-state index contributed by atoms with van der Waals surface area (Å²) in [5.41, 5.74) is 0.464. The number of carbonyl (C=O) groups excluding carboxylic acids is 1. The van der Waals surface area contributed by atoms with E-state index < -0.39 is 10.0 Å². The quantitative estimate of drug-likeness (QED) is 0.689. The van der Waals surface area contributed by atoms with E-state index in [-0.39, 0.29) is 26.8 Å². The minimum atomic E-state index is -3.63. The second-order valence-corrected chi connectivity index (χ2v) is 11.7. The molecule has 0 atom stereocenters. The largest absolute Gasteiger partial charge is 0.351 e. The van der Waals surface area contributed by atoms with Crippen LogP contribution < -0.4 is 5.32 Å². The summed E-state index contributed by atoms with van der Waals surface area (Å²) >= 11 is 6.27. The van der Waals surface area contributed by atoms with Gasteiger partial charge in [0.1, 0.15) is 0 Å². The van der Waals surface area contributed by atoms with Crippen LogP contribution in [0.2, 0.25) is 5.02 Å². The van der Waals surface area contributed by atoms with Gasteiger partial charge in [-0.1, -0.05) is 25.4 Å². The van der Waals surface area contributed by atoms with Gasteiger partial charge in [-0.25, -0.2) is 8.42 Å². The molecular formula is C22H31ClN2O3S. The highest BCUT2D eigenvalue weighted by atomic mass is 35.5. The van der Waals surface area contributed by atoms with Gasteiger partial charge in [0.2, 0.25) is 10.0 Å². The van der Waals surface area contributed by atoms with Crippen LogP contribution in [0.5, 0.6) is 0 Å². The third-order valence-electron chi connectivity index (χ3n) is 7.31. The summed E-state index contributed by atoms with van der Waals surface area (Å²) in [5, 5.41) is 3.38. The summed E-state index contributed by atoms with van der Waals surface area (Å²) in [4.78, 5) is 13.1. The van der Waals surface area contributed by atoms with Crippen LogP contribution in [0, 0.1) is 23.2 Å². The van der Waals surface area contributed by atoms with Crippen molar-refractivity contribution in [3.8, 4) is 0 Å². The third-order valence-corrected chi connectivity index (χ3v) is 9.69. The first-order valence-electron chi connectivity index (χ1n) is 10.8. The first-order chi connectivity index (χ1) is 13.8. The van der Waals surface area contributed by atoms with Gasteiger partial charge in [-0.05, 0) is 79.9 Å². The van der Waals surface area contributed by atoms with Crippen molar-refractivity contribution < 1.29 is 13.2 Å². The molecule has 1 aromatic rings. The van der Waals surface area contributed by atoms with E-state index in [0.717, 1.165) is 17.8 Å². The number of hydrogen-bond donors (Lipinski definition) is 1. The van der Waals surface area contributed by atoms with Gasteiger partial charge in [0.05, 0.1) is 15.5 Å². The maximum Gasteiger partial charge on any atom is 0.252 e. The zero-order valence-electron chi connectivity index (χ0n) is 17.3. The molecule has 4 saturated carbocycles. The predicted octanol–water partition coefficient (Wildman–Crippen LogP) is 4.32. The van der Waals surface area contributed by atoms with Crippen molar-refractivity contribution in [2.24, 2.45) is 23.2 Å². The fraction of sp³-hybridized carbons (Fsp3) is 0.682. The van der Waals surface area contributed by atoms with Crippen LogP contribution in [-0.4, -0.2) is 38.3 Å². The highest BCUT2D eigenvalue weighted by Crippen LogP contribution is 2.59. The van der Waals surface area contributed by atoms with Crippen LogP contribution in [0.15, 0.2) is 23.1 Å². The minimum Gasteiger partial charge on any atom is -0.351 e. The number of sulfonamides is 1. The van der Waals surface area contributed by atoms with E-state index in [1.165, 1.54) is 61.0 Å². The third kappa shape index (κ3) is 3.96. The Morgan fingerprint density at radius 3 is 2.17 bits per heavy atom. The van der Waals surface area contributed by atoms with E-state index in [1.54, 1.807) is 13.8 Å². The van der Waals surface area contributed by atoms with Gasteiger partial charge in [0, 0.05) is 19.6 Å². The molecule has 0 aliphatic heterocycles. The summed E-state index contributed by atoms with van der Waals surface area (Å²) in [6.45, 7) is 5.04. The van der Waals surface area contributed by atoms with Gasteiger partial charge in [0.25, 0.3) is 5.91 Å². The molecule has 4 aliphatic rings. The van der Waals surface area contributed by atoms with Gasteiger partial charge >= 0.3 is 0 Å². The highest BCUT2D eigenvalue weighted by molar-refractivity contribution is 7.89. The Morgan fingerprint density at radius 1 is 1.10 bits per heavy atom. The van der Waals surface area contributed by atoms with Gasteiger partial charge in [-0.2, -0.15) is 4.31 Å². The Kier molecular flexibility index (Phi) is 5.73. The number of amides is 1. The van der Waals surface area contributed by atoms with Crippen molar-refractivity contribution in [1.29, 1.82) is 0 Å². The van der Waals surface area contributed by atoms with Crippen molar-refractivity contribution in [3.05, 3.63) is 28.8 Å². The van der Waals surface area contributed by atoms with E-state index in [9.17, 15) is 13.2 Å². The molecule has 1 N–H and O–H groups in total. The van der Waals surface area contributed by atoms with Crippen LogP contribution in [0.25, 0.3) is 0 Å². The van der Waals surface area contributed by atoms with Crippen LogP contribution in [0.4, 0.5) is 0 Å². The van der Waals surface area contributed by atoms with E-state index in [1.807, 2.05) is 0 Å². The highest BCUT2D eigenvalue weighted by Gasteiger charge is 2.50. The lowest BCUT2D eigenvalue weighted by Gasteiger charge is -2.56. The molecule has 1 aromatic carbocycles. The zero-order chi connectivity index (χ0) is 20.8. The molecule has 4 aliphatic carbocycles. The number of hydrogen-bond acceptors (Lipinski definition) is 3. The predicted molar refractivity (Wildman–Crippen MR) is 114 cm³/mol. The summed E-state index contributed by atoms with van der Waals surface area (Å²) in [5.74, 6) is 2.19. The van der Waals surface area contributed by atoms with Crippen LogP contribution in [-0.2, 0) is 10.0 Å². The Labute approximate surface area is 179 Å². The molecule has 0 spiro atoms. The SMILES string of the molecule is CCN(CC)S(=O)(=O)c1ccc(Cl)c(C(=O)NCC23CC4CC(CC(C4)C2)C3)c1. The number of halogens is 1. The molecular weight excluding hydrogens is 408 g/mol. The molecule has 29 heavy (non-hydrogen) atoms. The zero-order valence-corrected chi connectivity index (χ0v) is 18.9. The smallest absolute Gasteiger partial charge is 0.252 e. The lowest BCUT2D eigenvalue weighted by atomic mass is 9.49.